The molecular weight excluding hydrogens is 340 g/mol. The lowest BCUT2D eigenvalue weighted by molar-refractivity contribution is 0.580. The zero-order valence-corrected chi connectivity index (χ0v) is 14.5. The van der Waals surface area contributed by atoms with Crippen LogP contribution in [0.5, 0.6) is 0 Å². The van der Waals surface area contributed by atoms with Gasteiger partial charge < -0.3 is 9.73 Å². The van der Waals surface area contributed by atoms with Crippen molar-refractivity contribution in [2.45, 2.75) is 24.9 Å². The van der Waals surface area contributed by atoms with Crippen LogP contribution >= 0.6 is 0 Å². The van der Waals surface area contributed by atoms with Crippen molar-refractivity contribution in [2.75, 3.05) is 0 Å². The maximum Gasteiger partial charge on any atom is 0.238 e. The molecule has 0 bridgehead atoms. The monoisotopic (exact) mass is 358 g/mol. The van der Waals surface area contributed by atoms with Gasteiger partial charge in [-0.25, -0.2) is 13.6 Å². The molecule has 0 aliphatic carbocycles. The van der Waals surface area contributed by atoms with E-state index in [2.05, 4.69) is 5.32 Å². The lowest BCUT2D eigenvalue weighted by Gasteiger charge is -2.06. The molecule has 0 saturated heterocycles. The molecule has 3 rings (SSSR count). The lowest BCUT2D eigenvalue weighted by Crippen LogP contribution is -2.19. The minimum Gasteiger partial charge on any atom is -0.464 e. The van der Waals surface area contributed by atoms with Gasteiger partial charge in [0.25, 0.3) is 0 Å². The zero-order valence-electron chi connectivity index (χ0n) is 13.7. The average Bonchev–Trinajstić information content (AvgIpc) is 2.57. The van der Waals surface area contributed by atoms with E-state index >= 15 is 0 Å². The summed E-state index contributed by atoms with van der Waals surface area (Å²) in [4.78, 5) is 12.6. The molecule has 0 fully saturated rings. The largest absolute Gasteiger partial charge is 0.464 e. The highest BCUT2D eigenvalue weighted by atomic mass is 32.2. The van der Waals surface area contributed by atoms with E-state index in [1.165, 1.54) is 18.4 Å². The smallest absolute Gasteiger partial charge is 0.238 e. The van der Waals surface area contributed by atoms with Crippen LogP contribution in [0.3, 0.4) is 0 Å². The van der Waals surface area contributed by atoms with Crippen LogP contribution in [0.2, 0.25) is 0 Å². The number of hydrogen-bond acceptors (Lipinski definition) is 5. The highest BCUT2D eigenvalue weighted by molar-refractivity contribution is 7.89. The molecule has 0 amide bonds. The zero-order chi connectivity index (χ0) is 18.0. The third-order valence-corrected chi connectivity index (χ3v) is 4.83. The van der Waals surface area contributed by atoms with Crippen molar-refractivity contribution in [3.05, 3.63) is 75.6 Å². The van der Waals surface area contributed by atoms with Gasteiger partial charge in [-0.3, -0.25) is 4.79 Å². The molecule has 0 atom stereocenters. The highest BCUT2D eigenvalue weighted by Gasteiger charge is 2.08. The summed E-state index contributed by atoms with van der Waals surface area (Å²) in [6, 6.07) is 11.8. The van der Waals surface area contributed by atoms with Crippen LogP contribution in [-0.2, 0) is 23.1 Å². The second-order valence-corrected chi connectivity index (χ2v) is 7.44. The summed E-state index contributed by atoms with van der Waals surface area (Å²) in [5.41, 5.74) is 2.94. The van der Waals surface area contributed by atoms with Gasteiger partial charge in [0.05, 0.1) is 16.5 Å². The van der Waals surface area contributed by atoms with E-state index < -0.39 is 10.0 Å². The molecule has 3 N–H and O–H groups in total. The van der Waals surface area contributed by atoms with Crippen molar-refractivity contribution < 1.29 is 12.8 Å². The molecule has 0 unspecified atom stereocenters. The minimum absolute atomic E-state index is 0.0537. The van der Waals surface area contributed by atoms with E-state index in [4.69, 9.17) is 9.56 Å². The molecule has 1 aromatic heterocycles. The third kappa shape index (κ3) is 3.96. The number of nitrogens with two attached hydrogens (primary N) is 1. The van der Waals surface area contributed by atoms with Crippen molar-refractivity contribution in [2.24, 2.45) is 5.14 Å². The first kappa shape index (κ1) is 17.3. The Balaban J connectivity index is 1.71. The Morgan fingerprint density at radius 3 is 2.48 bits per heavy atom. The second kappa shape index (κ2) is 6.79. The first-order chi connectivity index (χ1) is 11.8. The van der Waals surface area contributed by atoms with Gasteiger partial charge in [-0.2, -0.15) is 0 Å². The topological polar surface area (TPSA) is 102 Å². The van der Waals surface area contributed by atoms with Gasteiger partial charge in [0.2, 0.25) is 10.0 Å². The third-order valence-electron chi connectivity index (χ3n) is 3.90. The number of primary sulfonamides is 1. The molecule has 1 heterocycles. The van der Waals surface area contributed by atoms with E-state index in [0.717, 1.165) is 11.1 Å². The minimum atomic E-state index is -3.69. The number of hydrogen-bond donors (Lipinski definition) is 2. The van der Waals surface area contributed by atoms with Crippen LogP contribution in [-0.4, -0.2) is 8.42 Å². The van der Waals surface area contributed by atoms with Gasteiger partial charge in [-0.05, 0) is 36.8 Å². The van der Waals surface area contributed by atoms with E-state index in [-0.39, 0.29) is 10.3 Å². The Morgan fingerprint density at radius 2 is 1.80 bits per heavy atom. The van der Waals surface area contributed by atoms with Crippen LogP contribution in [0.1, 0.15) is 16.7 Å². The van der Waals surface area contributed by atoms with Gasteiger partial charge >= 0.3 is 0 Å². The summed E-state index contributed by atoms with van der Waals surface area (Å²) < 4.78 is 28.0. The first-order valence-electron chi connectivity index (χ1n) is 7.68. The normalized spacial score (nSPS) is 11.8. The van der Waals surface area contributed by atoms with Crippen LogP contribution in [0, 0.1) is 6.92 Å². The highest BCUT2D eigenvalue weighted by Crippen LogP contribution is 2.13. The quantitative estimate of drug-likeness (QED) is 0.726. The molecule has 0 spiro atoms. The van der Waals surface area contributed by atoms with Crippen molar-refractivity contribution in [1.29, 1.82) is 0 Å². The second-order valence-electron chi connectivity index (χ2n) is 5.88. The summed E-state index contributed by atoms with van der Waals surface area (Å²) in [5, 5.41) is 8.79. The lowest BCUT2D eigenvalue weighted by atomic mass is 10.1. The average molecular weight is 358 g/mol. The number of benzene rings is 2. The fourth-order valence-corrected chi connectivity index (χ4v) is 3.06. The fraction of sp³-hybridized carbons (Fsp3) is 0.167. The van der Waals surface area contributed by atoms with Crippen molar-refractivity contribution in [1.82, 2.24) is 5.32 Å². The number of fused-ring (bicyclic) bond motifs is 1. The summed E-state index contributed by atoms with van der Waals surface area (Å²) in [5.74, 6) is 0. The SMILES string of the molecule is Cc1ccc2occ(CNCc3ccc(S(N)(=O)=O)cc3)c(=O)c2c1. The van der Waals surface area contributed by atoms with Gasteiger partial charge in [-0.1, -0.05) is 23.8 Å². The summed E-state index contributed by atoms with van der Waals surface area (Å²) >= 11 is 0. The molecule has 3 aromatic rings. The Morgan fingerprint density at radius 1 is 1.08 bits per heavy atom. The molecule has 0 saturated carbocycles. The summed E-state index contributed by atoms with van der Waals surface area (Å²) in [6.07, 6.45) is 1.47. The predicted molar refractivity (Wildman–Crippen MR) is 95.6 cm³/mol. The summed E-state index contributed by atoms with van der Waals surface area (Å²) in [7, 11) is -3.69. The van der Waals surface area contributed by atoms with Gasteiger partial charge in [0.1, 0.15) is 5.58 Å². The summed E-state index contributed by atoms with van der Waals surface area (Å²) in [6.45, 7) is 2.76. The molecule has 0 aliphatic rings. The van der Waals surface area contributed by atoms with Crippen LogP contribution in [0.25, 0.3) is 11.0 Å². The van der Waals surface area contributed by atoms with Crippen molar-refractivity contribution >= 4 is 21.0 Å². The number of nitrogens with one attached hydrogen (secondary N) is 1. The van der Waals surface area contributed by atoms with E-state index in [0.29, 0.717) is 29.6 Å². The van der Waals surface area contributed by atoms with E-state index in [1.807, 2.05) is 19.1 Å². The number of aryl methyl sites for hydroxylation is 1. The van der Waals surface area contributed by atoms with Crippen LogP contribution < -0.4 is 15.9 Å². The fourth-order valence-electron chi connectivity index (χ4n) is 2.55. The van der Waals surface area contributed by atoms with Crippen molar-refractivity contribution in [3.8, 4) is 0 Å². The molecule has 7 heteroatoms. The van der Waals surface area contributed by atoms with Crippen LogP contribution in [0.4, 0.5) is 0 Å². The Labute approximate surface area is 145 Å². The molecule has 0 radical (unpaired) electrons. The van der Waals surface area contributed by atoms with Gasteiger partial charge in [-0.15, -0.1) is 0 Å². The maximum atomic E-state index is 12.5. The Kier molecular flexibility index (Phi) is 4.71. The molecule has 25 heavy (non-hydrogen) atoms. The van der Waals surface area contributed by atoms with Gasteiger partial charge in [0, 0.05) is 18.7 Å². The molecule has 2 aromatic carbocycles. The Bertz CT molecular complexity index is 1070. The Hall–Kier alpha value is -2.48. The molecule has 130 valence electrons. The number of sulfonamides is 1. The predicted octanol–water partition coefficient (Wildman–Crippen LogP) is 2.04. The van der Waals surface area contributed by atoms with Crippen LogP contribution in [0.15, 0.2) is 62.8 Å². The van der Waals surface area contributed by atoms with Crippen molar-refractivity contribution in [3.63, 3.8) is 0 Å². The van der Waals surface area contributed by atoms with Gasteiger partial charge in [0.15, 0.2) is 5.43 Å². The molecular formula is C18H18N2O4S. The maximum absolute atomic E-state index is 12.5. The molecule has 6 nitrogen and oxygen atoms in total. The number of rotatable bonds is 5. The standard InChI is InChI=1S/C18H18N2O4S/c1-12-2-7-17-16(8-12)18(21)14(11-24-17)10-20-9-13-3-5-15(6-4-13)25(19,22)23/h2-8,11,20H,9-10H2,1H3,(H2,19,22,23). The van der Waals surface area contributed by atoms with E-state index in [9.17, 15) is 13.2 Å². The molecule has 0 aliphatic heterocycles. The first-order valence-corrected chi connectivity index (χ1v) is 9.23. The van der Waals surface area contributed by atoms with E-state index in [1.54, 1.807) is 18.2 Å².